The Bertz CT molecular complexity index is 735. The molecule has 3 N–H and O–H groups in total. The molecule has 0 aliphatic heterocycles. The van der Waals surface area contributed by atoms with Gasteiger partial charge in [0.25, 0.3) is 0 Å². The van der Waals surface area contributed by atoms with Crippen molar-refractivity contribution in [1.82, 2.24) is 0 Å². The summed E-state index contributed by atoms with van der Waals surface area (Å²) in [7, 11) is 1.16. The van der Waals surface area contributed by atoms with Crippen molar-refractivity contribution in [3.63, 3.8) is 0 Å². The van der Waals surface area contributed by atoms with Crippen LogP contribution in [0.2, 0.25) is 0 Å². The molecule has 0 radical (unpaired) electrons. The van der Waals surface area contributed by atoms with Crippen LogP contribution in [0.3, 0.4) is 0 Å². The van der Waals surface area contributed by atoms with E-state index >= 15 is 0 Å². The number of ether oxygens (including phenoxy) is 2. The molecule has 0 bridgehead atoms. The first-order valence-electron chi connectivity index (χ1n) is 11.0. The first kappa shape index (κ1) is 31.3. The van der Waals surface area contributed by atoms with E-state index in [2.05, 4.69) is 13.8 Å². The van der Waals surface area contributed by atoms with Gasteiger partial charge in [0.2, 0.25) is 0 Å². The zero-order valence-corrected chi connectivity index (χ0v) is 21.2. The number of benzene rings is 1. The predicted octanol–water partition coefficient (Wildman–Crippen LogP) is 3.92. The topological polar surface area (TPSA) is 142 Å². The number of carbonyl (C=O) groups is 1. The SMILES string of the molecule is CCC(CC)Oc1ccccc1OCCCCOP(=O)(O)O[C@H](CC(=O)O)C[N+](C)(C)C.[OH-]. The summed E-state index contributed by atoms with van der Waals surface area (Å²) < 4.78 is 34.5. The summed E-state index contributed by atoms with van der Waals surface area (Å²) in [6.45, 7) is 4.80. The van der Waals surface area contributed by atoms with Gasteiger partial charge >= 0.3 is 13.8 Å². The first-order chi connectivity index (χ1) is 15.0. The van der Waals surface area contributed by atoms with Gasteiger partial charge in [0, 0.05) is 0 Å². The van der Waals surface area contributed by atoms with Crippen LogP contribution in [0.1, 0.15) is 46.0 Å². The zero-order chi connectivity index (χ0) is 24.2. The van der Waals surface area contributed by atoms with E-state index < -0.39 is 19.9 Å². The van der Waals surface area contributed by atoms with Crippen LogP contribution in [0.15, 0.2) is 24.3 Å². The number of unbranched alkanes of at least 4 members (excludes halogenated alkanes) is 1. The minimum absolute atomic E-state index is 0. The Hall–Kier alpha value is -1.68. The van der Waals surface area contributed by atoms with Crippen LogP contribution in [0, 0.1) is 0 Å². The van der Waals surface area contributed by atoms with Crippen molar-refractivity contribution in [3.05, 3.63) is 24.3 Å². The summed E-state index contributed by atoms with van der Waals surface area (Å²) >= 11 is 0. The van der Waals surface area contributed by atoms with Crippen molar-refractivity contribution < 1.29 is 47.8 Å². The Balaban J connectivity index is 0.0000102. The molecule has 10 nitrogen and oxygen atoms in total. The number of carboxylic acid groups (broad SMARTS) is 1. The second-order valence-electron chi connectivity index (χ2n) is 8.66. The Morgan fingerprint density at radius 1 is 1.03 bits per heavy atom. The van der Waals surface area contributed by atoms with Gasteiger partial charge in [-0.3, -0.25) is 13.8 Å². The minimum Gasteiger partial charge on any atom is -0.870 e. The summed E-state index contributed by atoms with van der Waals surface area (Å²) in [6.07, 6.45) is 1.71. The Labute approximate surface area is 196 Å². The molecule has 0 spiro atoms. The van der Waals surface area contributed by atoms with E-state index in [9.17, 15) is 14.3 Å². The fraction of sp³-hybridized carbons (Fsp3) is 0.682. The third-order valence-corrected chi connectivity index (χ3v) is 5.61. The van der Waals surface area contributed by atoms with Crippen molar-refractivity contribution in [3.8, 4) is 11.5 Å². The third-order valence-electron chi connectivity index (χ3n) is 4.54. The number of carboxylic acids is 1. The number of nitrogens with zero attached hydrogens (tertiary/aromatic N) is 1. The predicted molar refractivity (Wildman–Crippen MR) is 124 cm³/mol. The lowest BCUT2D eigenvalue weighted by atomic mass is 10.2. The molecule has 1 rings (SSSR count). The maximum atomic E-state index is 12.2. The quantitative estimate of drug-likeness (QED) is 0.188. The van der Waals surface area contributed by atoms with Gasteiger partial charge < -0.3 is 29.4 Å². The van der Waals surface area contributed by atoms with E-state index in [0.29, 0.717) is 35.4 Å². The second kappa shape index (κ2) is 15.3. The van der Waals surface area contributed by atoms with Crippen molar-refractivity contribution in [2.75, 3.05) is 40.9 Å². The Kier molecular flexibility index (Phi) is 14.5. The zero-order valence-electron chi connectivity index (χ0n) is 20.3. The van der Waals surface area contributed by atoms with E-state index in [1.54, 1.807) is 0 Å². The highest BCUT2D eigenvalue weighted by Gasteiger charge is 2.31. The van der Waals surface area contributed by atoms with Gasteiger partial charge in [-0.1, -0.05) is 26.0 Å². The smallest absolute Gasteiger partial charge is 0.472 e. The van der Waals surface area contributed by atoms with Gasteiger partial charge in [0.1, 0.15) is 12.6 Å². The molecule has 0 heterocycles. The molecule has 0 aromatic heterocycles. The summed E-state index contributed by atoms with van der Waals surface area (Å²) in [5, 5.41) is 9.02. The Morgan fingerprint density at radius 3 is 2.15 bits per heavy atom. The van der Waals surface area contributed by atoms with Crippen molar-refractivity contribution in [1.29, 1.82) is 0 Å². The molecule has 0 aliphatic carbocycles. The number of phosphoric acid groups is 1. The van der Waals surface area contributed by atoms with Crippen molar-refractivity contribution in [2.45, 2.75) is 58.2 Å². The average molecular weight is 494 g/mol. The summed E-state index contributed by atoms with van der Waals surface area (Å²) in [5.41, 5.74) is 0. The third kappa shape index (κ3) is 14.2. The van der Waals surface area contributed by atoms with E-state index in [4.69, 9.17) is 23.6 Å². The maximum absolute atomic E-state index is 12.2. The number of para-hydroxylation sites is 2. The van der Waals surface area contributed by atoms with E-state index in [1.165, 1.54) is 0 Å². The molecule has 1 aromatic carbocycles. The highest BCUT2D eigenvalue weighted by Crippen LogP contribution is 2.45. The molecule has 0 saturated carbocycles. The number of hydrogen-bond donors (Lipinski definition) is 2. The normalized spacial score (nSPS) is 14.3. The lowest BCUT2D eigenvalue weighted by Gasteiger charge is -2.29. The molecule has 33 heavy (non-hydrogen) atoms. The molecule has 2 atom stereocenters. The number of phosphoric ester groups is 1. The fourth-order valence-corrected chi connectivity index (χ4v) is 3.97. The maximum Gasteiger partial charge on any atom is 0.472 e. The largest absolute Gasteiger partial charge is 0.870 e. The van der Waals surface area contributed by atoms with Gasteiger partial charge in [-0.05, 0) is 37.8 Å². The van der Waals surface area contributed by atoms with Crippen LogP contribution >= 0.6 is 7.82 Å². The van der Waals surface area contributed by atoms with Gasteiger partial charge in [-0.2, -0.15) is 0 Å². The van der Waals surface area contributed by atoms with E-state index in [-0.39, 0.29) is 31.2 Å². The number of aliphatic carboxylic acids is 1. The summed E-state index contributed by atoms with van der Waals surface area (Å²) in [6, 6.07) is 7.50. The van der Waals surface area contributed by atoms with Crippen LogP contribution in [0.5, 0.6) is 11.5 Å². The van der Waals surface area contributed by atoms with Crippen molar-refractivity contribution in [2.24, 2.45) is 0 Å². The average Bonchev–Trinajstić information content (AvgIpc) is 2.67. The van der Waals surface area contributed by atoms with Crippen LogP contribution in [0.25, 0.3) is 0 Å². The van der Waals surface area contributed by atoms with Crippen LogP contribution in [0.4, 0.5) is 0 Å². The first-order valence-corrected chi connectivity index (χ1v) is 12.5. The molecule has 0 saturated heterocycles. The molecule has 1 unspecified atom stereocenters. The summed E-state index contributed by atoms with van der Waals surface area (Å²) in [5.74, 6) is 0.259. The number of quaternary nitrogens is 1. The Morgan fingerprint density at radius 2 is 1.61 bits per heavy atom. The second-order valence-corrected chi connectivity index (χ2v) is 10.1. The van der Waals surface area contributed by atoms with E-state index in [0.717, 1.165) is 12.8 Å². The van der Waals surface area contributed by atoms with Gasteiger partial charge in [-0.15, -0.1) is 0 Å². The lowest BCUT2D eigenvalue weighted by molar-refractivity contribution is -0.873. The van der Waals surface area contributed by atoms with Crippen LogP contribution in [-0.2, 0) is 18.4 Å². The van der Waals surface area contributed by atoms with Crippen molar-refractivity contribution >= 4 is 13.8 Å². The summed E-state index contributed by atoms with van der Waals surface area (Å²) in [4.78, 5) is 21.0. The molecule has 192 valence electrons. The van der Waals surface area contributed by atoms with Crippen LogP contribution < -0.4 is 9.47 Å². The minimum atomic E-state index is -4.36. The van der Waals surface area contributed by atoms with E-state index in [1.807, 2.05) is 45.4 Å². The van der Waals surface area contributed by atoms with Gasteiger partial charge in [0.05, 0.1) is 46.9 Å². The lowest BCUT2D eigenvalue weighted by Crippen LogP contribution is -2.42. The van der Waals surface area contributed by atoms with Crippen LogP contribution in [-0.4, -0.2) is 79.0 Å². The van der Waals surface area contributed by atoms with Gasteiger partial charge in [-0.25, -0.2) is 4.57 Å². The molecular formula is C22H40NO9P. The number of rotatable bonds is 17. The monoisotopic (exact) mass is 493 g/mol. The highest BCUT2D eigenvalue weighted by atomic mass is 31.2. The molecule has 1 aromatic rings. The fourth-order valence-electron chi connectivity index (χ4n) is 3.03. The van der Waals surface area contributed by atoms with Gasteiger partial charge in [0.15, 0.2) is 11.5 Å². The number of likely N-dealkylation sites (N-methyl/N-ethyl adjacent to an activating group) is 1. The molecule has 11 heteroatoms. The molecular weight excluding hydrogens is 453 g/mol. The molecule has 0 aliphatic rings. The molecule has 0 fully saturated rings. The number of hydrogen-bond acceptors (Lipinski definition) is 7. The molecule has 0 amide bonds. The highest BCUT2D eigenvalue weighted by molar-refractivity contribution is 7.47. The standard InChI is InChI=1S/C22H38NO8P.H2O/c1-6-18(7-2)30-21-13-9-8-12-20(21)28-14-10-11-15-29-32(26,27)31-19(16-22(24)25)17-23(3,4)5;/h8-9,12-13,18-19H,6-7,10-11,14-17H2,1-5H3,(H-,24,25,26,27);1H2/t19-;/m1./s1.